The molecule has 0 fully saturated rings. The highest BCUT2D eigenvalue weighted by molar-refractivity contribution is 7.98. The third-order valence-corrected chi connectivity index (χ3v) is 3.28. The van der Waals surface area contributed by atoms with Crippen LogP contribution in [0.2, 0.25) is 0 Å². The van der Waals surface area contributed by atoms with E-state index in [4.69, 9.17) is 14.2 Å². The predicted molar refractivity (Wildman–Crippen MR) is 84.3 cm³/mol. The molecule has 20 heavy (non-hydrogen) atoms. The lowest BCUT2D eigenvalue weighted by Gasteiger charge is -2.01. The van der Waals surface area contributed by atoms with E-state index in [9.17, 15) is 0 Å². The first kappa shape index (κ1) is 16.2. The zero-order valence-electron chi connectivity index (χ0n) is 12.3. The summed E-state index contributed by atoms with van der Waals surface area (Å²) in [4.78, 5) is 1.24. The Balaban J connectivity index is 0.000000200. The van der Waals surface area contributed by atoms with E-state index in [2.05, 4.69) is 12.3 Å². The maximum absolute atomic E-state index is 5.04. The molecule has 0 heterocycles. The highest BCUT2D eigenvalue weighted by Crippen LogP contribution is 2.20. The summed E-state index contributed by atoms with van der Waals surface area (Å²) in [6.45, 7) is 0. The summed E-state index contributed by atoms with van der Waals surface area (Å²) in [5, 5.41) is 0. The minimum absolute atomic E-state index is 0.819. The highest BCUT2D eigenvalue weighted by atomic mass is 32.2. The zero-order valence-corrected chi connectivity index (χ0v) is 13.1. The van der Waals surface area contributed by atoms with Crippen LogP contribution in [0.3, 0.4) is 0 Å². The van der Waals surface area contributed by atoms with E-state index in [-0.39, 0.29) is 0 Å². The zero-order chi connectivity index (χ0) is 14.8. The maximum atomic E-state index is 5.04. The minimum atomic E-state index is 0.819. The van der Waals surface area contributed by atoms with Crippen LogP contribution in [0.15, 0.2) is 53.4 Å². The second-order valence-corrected chi connectivity index (χ2v) is 4.65. The van der Waals surface area contributed by atoms with Crippen molar-refractivity contribution in [3.8, 4) is 17.2 Å². The van der Waals surface area contributed by atoms with Crippen molar-refractivity contribution in [3.63, 3.8) is 0 Å². The van der Waals surface area contributed by atoms with Gasteiger partial charge in [-0.1, -0.05) is 12.1 Å². The van der Waals surface area contributed by atoms with Crippen molar-refractivity contribution in [2.45, 2.75) is 4.90 Å². The van der Waals surface area contributed by atoms with Gasteiger partial charge in [0, 0.05) is 11.0 Å². The molecule has 0 bridgehead atoms. The van der Waals surface area contributed by atoms with Gasteiger partial charge in [-0.3, -0.25) is 0 Å². The van der Waals surface area contributed by atoms with E-state index in [1.807, 2.05) is 42.5 Å². The number of hydrogen-bond donors (Lipinski definition) is 0. The third-order valence-electron chi connectivity index (χ3n) is 2.55. The maximum Gasteiger partial charge on any atom is 0.122 e. The second-order valence-electron chi connectivity index (χ2n) is 3.77. The van der Waals surface area contributed by atoms with E-state index in [0.717, 1.165) is 17.2 Å². The molecule has 0 aromatic heterocycles. The molecule has 0 amide bonds. The van der Waals surface area contributed by atoms with Crippen molar-refractivity contribution >= 4 is 11.8 Å². The Morgan fingerprint density at radius 2 is 1.15 bits per heavy atom. The molecule has 0 spiro atoms. The van der Waals surface area contributed by atoms with Gasteiger partial charge in [0.1, 0.15) is 17.2 Å². The van der Waals surface area contributed by atoms with Crippen LogP contribution in [0.5, 0.6) is 17.2 Å². The molecule has 2 aromatic carbocycles. The summed E-state index contributed by atoms with van der Waals surface area (Å²) in [5.41, 5.74) is 0. The first-order valence-electron chi connectivity index (χ1n) is 6.09. The summed E-state index contributed by atoms with van der Waals surface area (Å²) in [5.74, 6) is 2.56. The van der Waals surface area contributed by atoms with E-state index in [1.165, 1.54) is 4.90 Å². The Morgan fingerprint density at radius 1 is 0.700 bits per heavy atom. The average Bonchev–Trinajstić information content (AvgIpc) is 2.55. The van der Waals surface area contributed by atoms with Gasteiger partial charge in [-0.15, -0.1) is 11.8 Å². The Bertz CT molecular complexity index is 429. The molecule has 0 unspecified atom stereocenters. The number of methoxy groups -OCH3 is 3. The molecule has 2 aromatic rings. The van der Waals surface area contributed by atoms with Crippen molar-refractivity contribution < 1.29 is 14.2 Å². The Labute approximate surface area is 124 Å². The summed E-state index contributed by atoms with van der Waals surface area (Å²) in [6.07, 6.45) is 2.05. The summed E-state index contributed by atoms with van der Waals surface area (Å²) in [6, 6.07) is 15.5. The van der Waals surface area contributed by atoms with Crippen molar-refractivity contribution in [2.24, 2.45) is 0 Å². The van der Waals surface area contributed by atoms with Gasteiger partial charge in [-0.25, -0.2) is 0 Å². The molecule has 2 rings (SSSR count). The lowest BCUT2D eigenvalue weighted by atomic mass is 10.3. The number of benzene rings is 2. The Hall–Kier alpha value is -1.81. The molecular formula is C16H20O3S. The van der Waals surface area contributed by atoms with Gasteiger partial charge in [0.2, 0.25) is 0 Å². The second kappa shape index (κ2) is 9.15. The molecule has 0 radical (unpaired) electrons. The summed E-state index contributed by atoms with van der Waals surface area (Å²) >= 11 is 1.72. The number of hydrogen-bond acceptors (Lipinski definition) is 4. The predicted octanol–water partition coefficient (Wildman–Crippen LogP) is 4.12. The first-order valence-corrected chi connectivity index (χ1v) is 7.32. The van der Waals surface area contributed by atoms with Crippen LogP contribution in [0.1, 0.15) is 0 Å². The van der Waals surface area contributed by atoms with Gasteiger partial charge in [-0.2, -0.15) is 0 Å². The molecule has 0 saturated carbocycles. The molecule has 3 nitrogen and oxygen atoms in total. The molecule has 0 aliphatic rings. The van der Waals surface area contributed by atoms with Crippen molar-refractivity contribution in [1.82, 2.24) is 0 Å². The topological polar surface area (TPSA) is 27.7 Å². The lowest BCUT2D eigenvalue weighted by Crippen LogP contribution is -1.84. The normalized spacial score (nSPS) is 9.20. The lowest BCUT2D eigenvalue weighted by molar-refractivity contribution is 0.394. The number of ether oxygens (including phenoxy) is 3. The van der Waals surface area contributed by atoms with Gasteiger partial charge in [0.25, 0.3) is 0 Å². The van der Waals surface area contributed by atoms with Crippen molar-refractivity contribution in [1.29, 1.82) is 0 Å². The molecule has 0 N–H and O–H groups in total. The van der Waals surface area contributed by atoms with Crippen LogP contribution >= 0.6 is 11.8 Å². The first-order chi connectivity index (χ1) is 9.73. The Kier molecular flexibility index (Phi) is 7.43. The summed E-state index contributed by atoms with van der Waals surface area (Å²) in [7, 11) is 4.95. The highest BCUT2D eigenvalue weighted by Gasteiger charge is 1.92. The summed E-state index contributed by atoms with van der Waals surface area (Å²) < 4.78 is 15.0. The molecule has 4 heteroatoms. The van der Waals surface area contributed by atoms with Gasteiger partial charge in [0.15, 0.2) is 0 Å². The number of thioether (sulfide) groups is 1. The van der Waals surface area contributed by atoms with Gasteiger partial charge in [0.05, 0.1) is 21.3 Å². The molecule has 0 saturated heterocycles. The largest absolute Gasteiger partial charge is 0.497 e. The molecular weight excluding hydrogens is 272 g/mol. The van der Waals surface area contributed by atoms with E-state index < -0.39 is 0 Å². The molecule has 0 aliphatic carbocycles. The fraction of sp³-hybridized carbons (Fsp3) is 0.250. The van der Waals surface area contributed by atoms with E-state index in [1.54, 1.807) is 33.1 Å². The quantitative estimate of drug-likeness (QED) is 0.792. The van der Waals surface area contributed by atoms with E-state index >= 15 is 0 Å². The van der Waals surface area contributed by atoms with Crippen LogP contribution in [0.4, 0.5) is 0 Å². The van der Waals surface area contributed by atoms with Crippen LogP contribution in [-0.2, 0) is 0 Å². The fourth-order valence-corrected chi connectivity index (χ4v) is 1.90. The van der Waals surface area contributed by atoms with Gasteiger partial charge in [-0.05, 0) is 36.6 Å². The molecule has 0 aliphatic heterocycles. The number of rotatable bonds is 4. The smallest absolute Gasteiger partial charge is 0.122 e. The molecule has 108 valence electrons. The fourth-order valence-electron chi connectivity index (χ4n) is 1.46. The molecule has 0 atom stereocenters. The van der Waals surface area contributed by atoms with Crippen LogP contribution in [-0.4, -0.2) is 27.6 Å². The SMILES string of the molecule is COc1cccc(OC)c1.COc1cccc(SC)c1. The standard InChI is InChI=1S/C8H10O2.C8H10OS/c2*1-9-7-4-3-5-8(6-7)10-2/h2*3-6H,1-2H3. The van der Waals surface area contributed by atoms with Gasteiger partial charge >= 0.3 is 0 Å². The minimum Gasteiger partial charge on any atom is -0.497 e. The van der Waals surface area contributed by atoms with Crippen molar-refractivity contribution in [3.05, 3.63) is 48.5 Å². The third kappa shape index (κ3) is 5.45. The van der Waals surface area contributed by atoms with Crippen molar-refractivity contribution in [2.75, 3.05) is 27.6 Å². The van der Waals surface area contributed by atoms with Crippen LogP contribution in [0.25, 0.3) is 0 Å². The Morgan fingerprint density at radius 3 is 1.60 bits per heavy atom. The monoisotopic (exact) mass is 292 g/mol. The average molecular weight is 292 g/mol. The van der Waals surface area contributed by atoms with Gasteiger partial charge < -0.3 is 14.2 Å². The van der Waals surface area contributed by atoms with Crippen LogP contribution in [0, 0.1) is 0 Å². The van der Waals surface area contributed by atoms with E-state index in [0.29, 0.717) is 0 Å². The van der Waals surface area contributed by atoms with Crippen LogP contribution < -0.4 is 14.2 Å².